The zero-order valence-electron chi connectivity index (χ0n) is 11.3. The van der Waals surface area contributed by atoms with Crippen molar-refractivity contribution in [2.75, 3.05) is 6.54 Å². The molecule has 2 heterocycles. The van der Waals surface area contributed by atoms with E-state index < -0.39 is 0 Å². The third-order valence-electron chi connectivity index (χ3n) is 5.22. The Morgan fingerprint density at radius 1 is 0.941 bits per heavy atom. The molecule has 2 bridgehead atoms. The molecule has 2 saturated heterocycles. The molecule has 98 valence electrons. The Balaban J connectivity index is 1.59. The van der Waals surface area contributed by atoms with Gasteiger partial charge in [-0.1, -0.05) is 19.8 Å². The Labute approximate surface area is 106 Å². The summed E-state index contributed by atoms with van der Waals surface area (Å²) < 4.78 is 0. The van der Waals surface area contributed by atoms with Gasteiger partial charge in [0.2, 0.25) is 0 Å². The maximum absolute atomic E-state index is 3.76. The van der Waals surface area contributed by atoms with Crippen LogP contribution in [0.2, 0.25) is 0 Å². The lowest BCUT2D eigenvalue weighted by Crippen LogP contribution is -2.52. The zero-order valence-corrected chi connectivity index (χ0v) is 11.3. The fourth-order valence-electron chi connectivity index (χ4n) is 4.53. The van der Waals surface area contributed by atoms with Gasteiger partial charge < -0.3 is 5.32 Å². The third kappa shape index (κ3) is 2.39. The van der Waals surface area contributed by atoms with Gasteiger partial charge in [0, 0.05) is 24.2 Å². The maximum Gasteiger partial charge on any atom is 0.0116 e. The van der Waals surface area contributed by atoms with Crippen LogP contribution >= 0.6 is 0 Å². The number of rotatable bonds is 4. The molecule has 2 heteroatoms. The highest BCUT2D eigenvalue weighted by Gasteiger charge is 2.43. The number of hydrogen-bond donors (Lipinski definition) is 1. The summed E-state index contributed by atoms with van der Waals surface area (Å²) in [5.74, 6) is 0. The van der Waals surface area contributed by atoms with Crippen LogP contribution in [0.3, 0.4) is 0 Å². The van der Waals surface area contributed by atoms with Crippen molar-refractivity contribution in [1.29, 1.82) is 0 Å². The summed E-state index contributed by atoms with van der Waals surface area (Å²) in [5, 5.41) is 3.76. The van der Waals surface area contributed by atoms with Crippen molar-refractivity contribution in [2.24, 2.45) is 0 Å². The van der Waals surface area contributed by atoms with Gasteiger partial charge in [0.1, 0.15) is 0 Å². The summed E-state index contributed by atoms with van der Waals surface area (Å²) >= 11 is 0. The van der Waals surface area contributed by atoms with E-state index in [1.54, 1.807) is 0 Å². The van der Waals surface area contributed by atoms with Crippen molar-refractivity contribution >= 4 is 0 Å². The van der Waals surface area contributed by atoms with E-state index in [0.29, 0.717) is 0 Å². The van der Waals surface area contributed by atoms with Crippen LogP contribution in [0.25, 0.3) is 0 Å². The van der Waals surface area contributed by atoms with Crippen LogP contribution in [-0.2, 0) is 0 Å². The normalized spacial score (nSPS) is 39.0. The fourth-order valence-corrected chi connectivity index (χ4v) is 4.53. The molecule has 1 saturated carbocycles. The molecule has 2 unspecified atom stereocenters. The summed E-state index contributed by atoms with van der Waals surface area (Å²) in [6, 6.07) is 3.63. The summed E-state index contributed by atoms with van der Waals surface area (Å²) in [6.45, 7) is 3.49. The molecule has 2 atom stereocenters. The van der Waals surface area contributed by atoms with E-state index >= 15 is 0 Å². The first-order valence-corrected chi connectivity index (χ1v) is 7.89. The predicted molar refractivity (Wildman–Crippen MR) is 72.2 cm³/mol. The number of hydrogen-bond acceptors (Lipinski definition) is 2. The fraction of sp³-hybridized carbons (Fsp3) is 1.00. The van der Waals surface area contributed by atoms with Crippen molar-refractivity contribution in [2.45, 2.75) is 88.9 Å². The molecule has 2 aliphatic heterocycles. The minimum atomic E-state index is 0.824. The molecule has 2 nitrogen and oxygen atoms in total. The smallest absolute Gasteiger partial charge is 0.0116 e. The largest absolute Gasteiger partial charge is 0.314 e. The number of piperidine rings is 1. The van der Waals surface area contributed by atoms with Gasteiger partial charge in [-0.05, 0) is 51.5 Å². The Hall–Kier alpha value is -0.0800. The Bertz CT molecular complexity index is 233. The maximum atomic E-state index is 3.76. The Kier molecular flexibility index (Phi) is 3.72. The van der Waals surface area contributed by atoms with E-state index in [4.69, 9.17) is 0 Å². The van der Waals surface area contributed by atoms with E-state index in [1.165, 1.54) is 64.3 Å². The predicted octanol–water partition coefficient (Wildman–Crippen LogP) is 2.92. The summed E-state index contributed by atoms with van der Waals surface area (Å²) in [5.41, 5.74) is 0. The minimum absolute atomic E-state index is 0.824. The standard InChI is InChI=1S/C15H28N2/c1-2-9-16-12-10-14-7-8-15(11-12)17(14)13-5-3-4-6-13/h12-16H,2-11H2,1H3. The molecule has 17 heavy (non-hydrogen) atoms. The van der Waals surface area contributed by atoms with Crippen LogP contribution in [0, 0.1) is 0 Å². The van der Waals surface area contributed by atoms with Crippen molar-refractivity contribution in [3.63, 3.8) is 0 Å². The molecular weight excluding hydrogens is 208 g/mol. The van der Waals surface area contributed by atoms with Crippen molar-refractivity contribution in [3.05, 3.63) is 0 Å². The van der Waals surface area contributed by atoms with Crippen LogP contribution < -0.4 is 5.32 Å². The van der Waals surface area contributed by atoms with Crippen molar-refractivity contribution < 1.29 is 0 Å². The van der Waals surface area contributed by atoms with Gasteiger partial charge in [0.15, 0.2) is 0 Å². The molecule has 0 aromatic rings. The van der Waals surface area contributed by atoms with Gasteiger partial charge in [0.05, 0.1) is 0 Å². The monoisotopic (exact) mass is 236 g/mol. The van der Waals surface area contributed by atoms with Crippen LogP contribution in [0.4, 0.5) is 0 Å². The summed E-state index contributed by atoms with van der Waals surface area (Å²) in [4.78, 5) is 2.94. The molecule has 0 radical (unpaired) electrons. The molecule has 3 aliphatic rings. The average molecular weight is 236 g/mol. The molecule has 0 aromatic heterocycles. The molecule has 1 N–H and O–H groups in total. The molecule has 0 amide bonds. The second-order valence-electron chi connectivity index (χ2n) is 6.39. The van der Waals surface area contributed by atoms with Gasteiger partial charge in [-0.15, -0.1) is 0 Å². The van der Waals surface area contributed by atoms with Gasteiger partial charge in [-0.3, -0.25) is 4.90 Å². The third-order valence-corrected chi connectivity index (χ3v) is 5.22. The van der Waals surface area contributed by atoms with Crippen LogP contribution in [0.15, 0.2) is 0 Å². The molecular formula is C15H28N2. The highest BCUT2D eigenvalue weighted by molar-refractivity contribution is 5.00. The van der Waals surface area contributed by atoms with Gasteiger partial charge in [0.25, 0.3) is 0 Å². The highest BCUT2D eigenvalue weighted by Crippen LogP contribution is 2.40. The number of nitrogens with one attached hydrogen (secondary N) is 1. The van der Waals surface area contributed by atoms with Crippen LogP contribution in [0.5, 0.6) is 0 Å². The minimum Gasteiger partial charge on any atom is -0.314 e. The first kappa shape index (κ1) is 12.0. The Morgan fingerprint density at radius 2 is 1.59 bits per heavy atom. The topological polar surface area (TPSA) is 15.3 Å². The van der Waals surface area contributed by atoms with E-state index in [0.717, 1.165) is 24.2 Å². The van der Waals surface area contributed by atoms with E-state index in [-0.39, 0.29) is 0 Å². The average Bonchev–Trinajstić information content (AvgIpc) is 2.93. The lowest BCUT2D eigenvalue weighted by molar-refractivity contribution is 0.0723. The summed E-state index contributed by atoms with van der Waals surface area (Å²) in [6.07, 6.45) is 13.0. The van der Waals surface area contributed by atoms with E-state index in [2.05, 4.69) is 17.1 Å². The number of nitrogens with zero attached hydrogens (tertiary/aromatic N) is 1. The van der Waals surface area contributed by atoms with Crippen molar-refractivity contribution in [3.8, 4) is 0 Å². The quantitative estimate of drug-likeness (QED) is 0.807. The van der Waals surface area contributed by atoms with Crippen LogP contribution in [-0.4, -0.2) is 35.6 Å². The second-order valence-corrected chi connectivity index (χ2v) is 6.39. The zero-order chi connectivity index (χ0) is 11.7. The van der Waals surface area contributed by atoms with Crippen molar-refractivity contribution in [1.82, 2.24) is 10.2 Å². The Morgan fingerprint density at radius 3 is 2.18 bits per heavy atom. The van der Waals surface area contributed by atoms with Gasteiger partial charge >= 0.3 is 0 Å². The lowest BCUT2D eigenvalue weighted by atomic mass is 9.95. The van der Waals surface area contributed by atoms with E-state index in [9.17, 15) is 0 Å². The second kappa shape index (κ2) is 5.27. The van der Waals surface area contributed by atoms with Gasteiger partial charge in [-0.2, -0.15) is 0 Å². The first-order chi connectivity index (χ1) is 8.38. The SMILES string of the molecule is CCCNC1CC2CCC(C1)N2C1CCCC1. The highest BCUT2D eigenvalue weighted by atomic mass is 15.3. The lowest BCUT2D eigenvalue weighted by Gasteiger charge is -2.43. The van der Waals surface area contributed by atoms with E-state index in [1.807, 2.05) is 0 Å². The summed E-state index contributed by atoms with van der Waals surface area (Å²) in [7, 11) is 0. The molecule has 0 spiro atoms. The molecule has 3 fully saturated rings. The molecule has 1 aliphatic carbocycles. The molecule has 0 aromatic carbocycles. The molecule has 3 rings (SSSR count). The van der Waals surface area contributed by atoms with Crippen LogP contribution in [0.1, 0.15) is 64.7 Å². The first-order valence-electron chi connectivity index (χ1n) is 7.89. The number of fused-ring (bicyclic) bond motifs is 2. The van der Waals surface area contributed by atoms with Gasteiger partial charge in [-0.25, -0.2) is 0 Å².